The van der Waals surface area contributed by atoms with E-state index < -0.39 is 0 Å². The summed E-state index contributed by atoms with van der Waals surface area (Å²) in [7, 11) is 2.20. The molecule has 3 nitrogen and oxygen atoms in total. The minimum Gasteiger partial charge on any atom is -0.494 e. The zero-order valence-corrected chi connectivity index (χ0v) is 15.2. The molecule has 1 aliphatic rings. The predicted molar refractivity (Wildman–Crippen MR) is 94.4 cm³/mol. The van der Waals surface area contributed by atoms with Gasteiger partial charge in [0.2, 0.25) is 0 Å². The molecular formula is C18H29ClN2O. The highest BCUT2D eigenvalue weighted by Crippen LogP contribution is 2.32. The normalized spacial score (nSPS) is 17.0. The fourth-order valence-electron chi connectivity index (χ4n) is 3.11. The molecule has 124 valence electrons. The summed E-state index contributed by atoms with van der Waals surface area (Å²) in [5.41, 5.74) is 3.57. The summed E-state index contributed by atoms with van der Waals surface area (Å²) in [5, 5.41) is 0.887. The van der Waals surface area contributed by atoms with Crippen LogP contribution >= 0.6 is 11.6 Å². The molecule has 2 rings (SSSR count). The van der Waals surface area contributed by atoms with Crippen molar-refractivity contribution >= 4 is 11.6 Å². The van der Waals surface area contributed by atoms with Gasteiger partial charge in [-0.2, -0.15) is 0 Å². The molecule has 0 atom stereocenters. The molecule has 0 spiro atoms. The first-order chi connectivity index (χ1) is 10.5. The Kier molecular flexibility index (Phi) is 6.54. The SMILES string of the molecule is CCOc1cc(C)c(Cl)c(C)c1CCCN1CCN(C)CC1. The third-order valence-corrected chi connectivity index (χ3v) is 5.15. The second kappa shape index (κ2) is 8.19. The van der Waals surface area contributed by atoms with Crippen LogP contribution in [0.5, 0.6) is 5.75 Å². The van der Waals surface area contributed by atoms with Crippen molar-refractivity contribution in [2.75, 3.05) is 46.4 Å². The molecule has 0 radical (unpaired) electrons. The molecule has 0 aromatic heterocycles. The van der Waals surface area contributed by atoms with E-state index in [1.165, 1.54) is 37.3 Å². The van der Waals surface area contributed by atoms with Gasteiger partial charge in [0.1, 0.15) is 5.75 Å². The topological polar surface area (TPSA) is 15.7 Å². The Morgan fingerprint density at radius 2 is 1.86 bits per heavy atom. The summed E-state index contributed by atoms with van der Waals surface area (Å²) in [6, 6.07) is 2.09. The van der Waals surface area contributed by atoms with Crippen molar-refractivity contribution in [3.05, 3.63) is 27.8 Å². The maximum atomic E-state index is 6.43. The van der Waals surface area contributed by atoms with Crippen LogP contribution in [-0.4, -0.2) is 56.2 Å². The average Bonchev–Trinajstić information content (AvgIpc) is 2.50. The van der Waals surface area contributed by atoms with E-state index in [1.54, 1.807) is 0 Å². The van der Waals surface area contributed by atoms with Crippen LogP contribution in [0.1, 0.15) is 30.0 Å². The summed E-state index contributed by atoms with van der Waals surface area (Å²) in [6.07, 6.45) is 2.19. The van der Waals surface area contributed by atoms with Crippen molar-refractivity contribution in [1.82, 2.24) is 9.80 Å². The number of nitrogens with zero attached hydrogens (tertiary/aromatic N) is 2. The van der Waals surface area contributed by atoms with Gasteiger partial charge in [0.15, 0.2) is 0 Å². The standard InChI is InChI=1S/C18H29ClN2O/c1-5-22-17-13-14(2)18(19)15(3)16(17)7-6-8-21-11-9-20(4)10-12-21/h13H,5-12H2,1-4H3. The van der Waals surface area contributed by atoms with Crippen LogP contribution in [0, 0.1) is 13.8 Å². The van der Waals surface area contributed by atoms with E-state index in [4.69, 9.17) is 16.3 Å². The second-order valence-corrected chi connectivity index (χ2v) is 6.67. The minimum atomic E-state index is 0.700. The molecule has 0 aliphatic carbocycles. The van der Waals surface area contributed by atoms with Crippen molar-refractivity contribution in [2.24, 2.45) is 0 Å². The molecule has 1 saturated heterocycles. The van der Waals surface area contributed by atoms with E-state index in [0.29, 0.717) is 6.61 Å². The zero-order valence-electron chi connectivity index (χ0n) is 14.4. The number of rotatable bonds is 6. The van der Waals surface area contributed by atoms with E-state index in [2.05, 4.69) is 29.8 Å². The van der Waals surface area contributed by atoms with Gasteiger partial charge in [-0.3, -0.25) is 0 Å². The number of ether oxygens (including phenoxy) is 1. The van der Waals surface area contributed by atoms with Gasteiger partial charge in [0.05, 0.1) is 6.61 Å². The lowest BCUT2D eigenvalue weighted by Gasteiger charge is -2.32. The maximum absolute atomic E-state index is 6.43. The largest absolute Gasteiger partial charge is 0.494 e. The monoisotopic (exact) mass is 324 g/mol. The summed E-state index contributed by atoms with van der Waals surface area (Å²) in [5.74, 6) is 1.01. The van der Waals surface area contributed by atoms with E-state index >= 15 is 0 Å². The van der Waals surface area contributed by atoms with Crippen LogP contribution in [0.2, 0.25) is 5.02 Å². The van der Waals surface area contributed by atoms with Gasteiger partial charge in [-0.25, -0.2) is 0 Å². The Balaban J connectivity index is 1.98. The lowest BCUT2D eigenvalue weighted by atomic mass is 9.99. The number of aryl methyl sites for hydroxylation is 1. The number of piperazine rings is 1. The molecule has 1 aromatic carbocycles. The average molecular weight is 325 g/mol. The van der Waals surface area contributed by atoms with Crippen molar-refractivity contribution < 1.29 is 4.74 Å². The summed E-state index contributed by atoms with van der Waals surface area (Å²) in [4.78, 5) is 4.96. The van der Waals surface area contributed by atoms with Crippen molar-refractivity contribution in [2.45, 2.75) is 33.6 Å². The molecule has 1 aromatic rings. The Morgan fingerprint density at radius 1 is 1.18 bits per heavy atom. The van der Waals surface area contributed by atoms with Crippen molar-refractivity contribution in [1.29, 1.82) is 0 Å². The summed E-state index contributed by atoms with van der Waals surface area (Å²) >= 11 is 6.43. The Hall–Kier alpha value is -0.770. The van der Waals surface area contributed by atoms with Gasteiger partial charge in [0, 0.05) is 31.2 Å². The highest BCUT2D eigenvalue weighted by atomic mass is 35.5. The third-order valence-electron chi connectivity index (χ3n) is 4.57. The van der Waals surface area contributed by atoms with Crippen LogP contribution in [0.25, 0.3) is 0 Å². The van der Waals surface area contributed by atoms with E-state index in [-0.39, 0.29) is 0 Å². The molecule has 1 heterocycles. The van der Waals surface area contributed by atoms with Gasteiger partial charge in [-0.15, -0.1) is 0 Å². The Morgan fingerprint density at radius 3 is 2.50 bits per heavy atom. The van der Waals surface area contributed by atoms with Crippen LogP contribution < -0.4 is 4.74 Å². The van der Waals surface area contributed by atoms with Crippen LogP contribution in [0.4, 0.5) is 0 Å². The lowest BCUT2D eigenvalue weighted by molar-refractivity contribution is 0.153. The van der Waals surface area contributed by atoms with Crippen LogP contribution in [0.3, 0.4) is 0 Å². The fraction of sp³-hybridized carbons (Fsp3) is 0.667. The predicted octanol–water partition coefficient (Wildman–Crippen LogP) is 3.54. The van der Waals surface area contributed by atoms with Crippen molar-refractivity contribution in [3.8, 4) is 5.75 Å². The Bertz CT molecular complexity index is 496. The molecule has 22 heavy (non-hydrogen) atoms. The molecule has 0 unspecified atom stereocenters. The number of hydrogen-bond acceptors (Lipinski definition) is 3. The third kappa shape index (κ3) is 4.37. The quantitative estimate of drug-likeness (QED) is 0.796. The summed E-state index contributed by atoms with van der Waals surface area (Å²) in [6.45, 7) is 12.8. The number of hydrogen-bond donors (Lipinski definition) is 0. The van der Waals surface area contributed by atoms with Crippen molar-refractivity contribution in [3.63, 3.8) is 0 Å². The molecular weight excluding hydrogens is 296 g/mol. The highest BCUT2D eigenvalue weighted by Gasteiger charge is 2.16. The van der Waals surface area contributed by atoms with Gasteiger partial charge >= 0.3 is 0 Å². The number of benzene rings is 1. The Labute approximate surface area is 140 Å². The second-order valence-electron chi connectivity index (χ2n) is 6.29. The molecule has 1 aliphatic heterocycles. The van der Waals surface area contributed by atoms with Crippen LogP contribution in [-0.2, 0) is 6.42 Å². The first-order valence-electron chi connectivity index (χ1n) is 8.35. The van der Waals surface area contributed by atoms with Gasteiger partial charge < -0.3 is 14.5 Å². The smallest absolute Gasteiger partial charge is 0.123 e. The highest BCUT2D eigenvalue weighted by molar-refractivity contribution is 6.32. The number of halogens is 1. The molecule has 0 amide bonds. The van der Waals surface area contributed by atoms with E-state index in [0.717, 1.165) is 35.7 Å². The van der Waals surface area contributed by atoms with E-state index in [9.17, 15) is 0 Å². The van der Waals surface area contributed by atoms with Crippen LogP contribution in [0.15, 0.2) is 6.07 Å². The van der Waals surface area contributed by atoms with Gasteiger partial charge in [-0.1, -0.05) is 11.6 Å². The summed E-state index contributed by atoms with van der Waals surface area (Å²) < 4.78 is 5.83. The first kappa shape index (κ1) is 17.6. The first-order valence-corrected chi connectivity index (χ1v) is 8.73. The fourth-order valence-corrected chi connectivity index (χ4v) is 3.27. The molecule has 0 N–H and O–H groups in total. The molecule has 0 bridgehead atoms. The van der Waals surface area contributed by atoms with Gasteiger partial charge in [0.25, 0.3) is 0 Å². The lowest BCUT2D eigenvalue weighted by Crippen LogP contribution is -2.44. The molecule has 0 saturated carbocycles. The van der Waals surface area contributed by atoms with E-state index in [1.807, 2.05) is 13.8 Å². The van der Waals surface area contributed by atoms with Gasteiger partial charge in [-0.05, 0) is 70.0 Å². The molecule has 4 heteroatoms. The zero-order chi connectivity index (χ0) is 16.1. The maximum Gasteiger partial charge on any atom is 0.123 e. The number of likely N-dealkylation sites (N-methyl/N-ethyl adjacent to an activating group) is 1. The minimum absolute atomic E-state index is 0.700. The molecule has 1 fully saturated rings.